The van der Waals surface area contributed by atoms with E-state index in [4.69, 9.17) is 16.3 Å². The third-order valence-corrected chi connectivity index (χ3v) is 5.85. The second kappa shape index (κ2) is 9.20. The molecule has 0 spiro atoms. The van der Waals surface area contributed by atoms with Gasteiger partial charge in [-0.15, -0.1) is 11.8 Å². The van der Waals surface area contributed by atoms with E-state index in [1.165, 1.54) is 11.8 Å². The number of hydrogen-bond acceptors (Lipinski definition) is 4. The Morgan fingerprint density at radius 2 is 1.63 bits per heavy atom. The van der Waals surface area contributed by atoms with Crippen LogP contribution in [-0.4, -0.2) is 22.5 Å². The van der Waals surface area contributed by atoms with Crippen molar-refractivity contribution < 1.29 is 14.3 Å². The van der Waals surface area contributed by atoms with Gasteiger partial charge in [0, 0.05) is 38.1 Å². The van der Waals surface area contributed by atoms with Crippen molar-refractivity contribution in [3.05, 3.63) is 101 Å². The first-order valence-electron chi connectivity index (χ1n) is 9.35. The molecule has 150 valence electrons. The van der Waals surface area contributed by atoms with Crippen LogP contribution < -0.4 is 0 Å². The third kappa shape index (κ3) is 4.58. The fourth-order valence-corrected chi connectivity index (χ4v) is 3.96. The molecule has 4 nitrogen and oxygen atoms in total. The molecule has 30 heavy (non-hydrogen) atoms. The molecule has 1 N–H and O–H groups in total. The predicted octanol–water partition coefficient (Wildman–Crippen LogP) is 6.08. The number of fused-ring (bicyclic) bond motifs is 1. The van der Waals surface area contributed by atoms with Gasteiger partial charge in [0.2, 0.25) is 5.78 Å². The molecule has 0 aliphatic rings. The number of halogens is 1. The van der Waals surface area contributed by atoms with E-state index < -0.39 is 12.1 Å². The van der Waals surface area contributed by atoms with Gasteiger partial charge in [-0.2, -0.15) is 0 Å². The molecular weight excluding hydrogens is 418 g/mol. The van der Waals surface area contributed by atoms with Gasteiger partial charge in [-0.1, -0.05) is 60.1 Å². The summed E-state index contributed by atoms with van der Waals surface area (Å²) in [6.07, 6.45) is 0.655. The van der Waals surface area contributed by atoms with Gasteiger partial charge in [0.05, 0.1) is 5.75 Å². The zero-order chi connectivity index (χ0) is 20.9. The van der Waals surface area contributed by atoms with Gasteiger partial charge in [-0.3, -0.25) is 9.59 Å². The number of H-pyrrole nitrogens is 1. The average Bonchev–Trinajstić information content (AvgIpc) is 3.21. The van der Waals surface area contributed by atoms with Gasteiger partial charge in [-0.05, 0) is 30.3 Å². The molecule has 0 amide bonds. The molecular formula is C24H18ClNO3S. The number of esters is 1. The Morgan fingerprint density at radius 3 is 2.40 bits per heavy atom. The lowest BCUT2D eigenvalue weighted by Gasteiger charge is -2.17. The second-order valence-corrected chi connectivity index (χ2v) is 8.12. The van der Waals surface area contributed by atoms with E-state index in [-0.39, 0.29) is 11.5 Å². The van der Waals surface area contributed by atoms with E-state index in [1.54, 1.807) is 30.5 Å². The average molecular weight is 436 g/mol. The molecule has 4 aromatic rings. The van der Waals surface area contributed by atoms with E-state index in [9.17, 15) is 9.59 Å². The maximum atomic E-state index is 13.3. The van der Waals surface area contributed by atoms with Crippen molar-refractivity contribution in [1.82, 2.24) is 4.98 Å². The van der Waals surface area contributed by atoms with Crippen molar-refractivity contribution in [2.24, 2.45) is 0 Å². The molecule has 0 aliphatic carbocycles. The number of para-hydroxylation sites is 1. The minimum atomic E-state index is -1.01. The van der Waals surface area contributed by atoms with Gasteiger partial charge in [0.15, 0.2) is 6.10 Å². The maximum Gasteiger partial charge on any atom is 0.317 e. The fraction of sp³-hybridized carbons (Fsp3) is 0.0833. The lowest BCUT2D eigenvalue weighted by Crippen LogP contribution is -2.21. The first kappa shape index (κ1) is 20.3. The number of ether oxygens (including phenoxy) is 1. The predicted molar refractivity (Wildman–Crippen MR) is 120 cm³/mol. The molecule has 1 unspecified atom stereocenters. The Hall–Kier alpha value is -3.02. The van der Waals surface area contributed by atoms with Crippen LogP contribution in [0.4, 0.5) is 0 Å². The number of benzene rings is 3. The number of aromatic amines is 1. The van der Waals surface area contributed by atoms with Crippen molar-refractivity contribution in [3.8, 4) is 0 Å². The van der Waals surface area contributed by atoms with Gasteiger partial charge in [0.1, 0.15) is 0 Å². The van der Waals surface area contributed by atoms with Crippen LogP contribution in [0.5, 0.6) is 0 Å². The van der Waals surface area contributed by atoms with Crippen molar-refractivity contribution in [3.63, 3.8) is 0 Å². The van der Waals surface area contributed by atoms with E-state index in [1.807, 2.05) is 54.6 Å². The molecule has 0 aliphatic heterocycles. The summed E-state index contributed by atoms with van der Waals surface area (Å²) in [6.45, 7) is 0. The number of carbonyl (C=O) groups excluding carboxylic acids is 2. The van der Waals surface area contributed by atoms with Crippen molar-refractivity contribution in [2.45, 2.75) is 11.0 Å². The molecule has 0 radical (unpaired) electrons. The number of carbonyl (C=O) groups is 2. The van der Waals surface area contributed by atoms with Crippen LogP contribution >= 0.6 is 23.4 Å². The molecule has 0 saturated heterocycles. The van der Waals surface area contributed by atoms with Crippen LogP contribution in [0.25, 0.3) is 10.9 Å². The zero-order valence-electron chi connectivity index (χ0n) is 15.9. The van der Waals surface area contributed by atoms with Crippen molar-refractivity contribution >= 4 is 46.0 Å². The summed E-state index contributed by atoms with van der Waals surface area (Å²) in [5, 5.41) is 1.44. The Balaban J connectivity index is 1.55. The number of aromatic nitrogens is 1. The molecule has 1 aromatic heterocycles. The minimum absolute atomic E-state index is 0.0894. The number of ketones is 1. The first-order chi connectivity index (χ1) is 14.6. The molecule has 0 bridgehead atoms. The fourth-order valence-electron chi connectivity index (χ4n) is 3.16. The molecule has 4 rings (SSSR count). The Bertz CT molecular complexity index is 1170. The van der Waals surface area contributed by atoms with Gasteiger partial charge >= 0.3 is 5.97 Å². The smallest absolute Gasteiger partial charge is 0.317 e. The van der Waals surface area contributed by atoms with Crippen LogP contribution in [0.1, 0.15) is 22.0 Å². The van der Waals surface area contributed by atoms with Crippen LogP contribution in [0.15, 0.2) is 90.0 Å². The Labute approximate surface area is 183 Å². The van der Waals surface area contributed by atoms with Crippen LogP contribution in [-0.2, 0) is 9.53 Å². The summed E-state index contributed by atoms with van der Waals surface area (Å²) in [5.41, 5.74) is 1.99. The number of nitrogens with one attached hydrogen (secondary N) is 1. The minimum Gasteiger partial charge on any atom is -0.448 e. The van der Waals surface area contributed by atoms with Crippen molar-refractivity contribution in [1.29, 1.82) is 0 Å². The van der Waals surface area contributed by atoms with E-state index in [0.29, 0.717) is 16.1 Å². The Kier molecular flexibility index (Phi) is 6.21. The van der Waals surface area contributed by atoms with Crippen LogP contribution in [0, 0.1) is 0 Å². The lowest BCUT2D eigenvalue weighted by atomic mass is 9.99. The van der Waals surface area contributed by atoms with E-state index in [2.05, 4.69) is 4.98 Å². The summed E-state index contributed by atoms with van der Waals surface area (Å²) >= 11 is 7.23. The monoisotopic (exact) mass is 435 g/mol. The highest BCUT2D eigenvalue weighted by Crippen LogP contribution is 2.28. The van der Waals surface area contributed by atoms with Gasteiger partial charge < -0.3 is 9.72 Å². The molecule has 0 saturated carbocycles. The normalized spacial score (nSPS) is 11.9. The van der Waals surface area contributed by atoms with Gasteiger partial charge in [-0.25, -0.2) is 0 Å². The summed E-state index contributed by atoms with van der Waals surface area (Å²) < 4.78 is 5.67. The van der Waals surface area contributed by atoms with E-state index in [0.717, 1.165) is 15.8 Å². The highest BCUT2D eigenvalue weighted by atomic mass is 35.5. The van der Waals surface area contributed by atoms with Crippen LogP contribution in [0.3, 0.4) is 0 Å². The zero-order valence-corrected chi connectivity index (χ0v) is 17.5. The Morgan fingerprint density at radius 1 is 0.933 bits per heavy atom. The molecule has 6 heteroatoms. The van der Waals surface area contributed by atoms with Crippen molar-refractivity contribution in [2.75, 3.05) is 5.75 Å². The molecule has 0 fully saturated rings. The topological polar surface area (TPSA) is 59.2 Å². The largest absolute Gasteiger partial charge is 0.448 e. The number of Topliss-reactive ketones (excluding diaryl/α,β-unsaturated/α-hetero) is 1. The SMILES string of the molecule is O=C(CSc1ccc(Cl)cc1)OC(C(=O)c1c[nH]c2ccccc12)c1ccccc1. The first-order valence-corrected chi connectivity index (χ1v) is 10.7. The summed E-state index contributed by atoms with van der Waals surface area (Å²) in [7, 11) is 0. The standard InChI is InChI=1S/C24H18ClNO3S/c25-17-10-12-18(13-11-17)30-15-22(27)29-24(16-6-2-1-3-7-16)23(28)20-14-26-21-9-5-4-8-19(20)21/h1-14,24,26H,15H2. The summed E-state index contributed by atoms with van der Waals surface area (Å²) in [5.74, 6) is -0.632. The third-order valence-electron chi connectivity index (χ3n) is 4.61. The molecule has 1 atom stereocenters. The quantitative estimate of drug-likeness (QED) is 0.217. The molecule has 1 heterocycles. The summed E-state index contributed by atoms with van der Waals surface area (Å²) in [6, 6.07) is 23.8. The van der Waals surface area contributed by atoms with E-state index >= 15 is 0 Å². The number of thioether (sulfide) groups is 1. The van der Waals surface area contributed by atoms with Gasteiger partial charge in [0.25, 0.3) is 0 Å². The number of hydrogen-bond donors (Lipinski definition) is 1. The maximum absolute atomic E-state index is 13.3. The molecule has 3 aromatic carbocycles. The summed E-state index contributed by atoms with van der Waals surface area (Å²) in [4.78, 5) is 29.9. The highest BCUT2D eigenvalue weighted by molar-refractivity contribution is 8.00. The number of rotatable bonds is 7. The lowest BCUT2D eigenvalue weighted by molar-refractivity contribution is -0.144. The second-order valence-electron chi connectivity index (χ2n) is 6.64. The van der Waals surface area contributed by atoms with Crippen LogP contribution in [0.2, 0.25) is 5.02 Å². The highest BCUT2D eigenvalue weighted by Gasteiger charge is 2.28.